The largest absolute Gasteiger partial charge is 0.437 e. The first-order valence-corrected chi connectivity index (χ1v) is 4.70. The minimum Gasteiger partial charge on any atom is -0.437 e. The number of para-hydroxylation sites is 1. The first-order valence-electron chi connectivity index (χ1n) is 4.70. The number of ether oxygens (including phenoxy) is 1. The van der Waals surface area contributed by atoms with Gasteiger partial charge in [0.15, 0.2) is 0 Å². The Kier molecular flexibility index (Phi) is 2.33. The van der Waals surface area contributed by atoms with Gasteiger partial charge in [0.2, 0.25) is 5.88 Å². The Morgan fingerprint density at radius 1 is 1.27 bits per heavy atom. The maximum Gasteiger partial charge on any atom is 0.241 e. The minimum absolute atomic E-state index is 0.582. The summed E-state index contributed by atoms with van der Waals surface area (Å²) in [6.07, 6.45) is 0. The summed E-state index contributed by atoms with van der Waals surface area (Å²) in [5.74, 6) is 1.34. The Bertz CT molecular complexity index is 462. The van der Waals surface area contributed by atoms with Gasteiger partial charge in [-0.15, -0.1) is 0 Å². The molecule has 4 heteroatoms. The van der Waals surface area contributed by atoms with E-state index in [1.807, 2.05) is 44.3 Å². The van der Waals surface area contributed by atoms with Crippen molar-refractivity contribution in [2.24, 2.45) is 7.05 Å². The summed E-state index contributed by atoms with van der Waals surface area (Å²) < 4.78 is 7.27. The van der Waals surface area contributed by atoms with E-state index in [4.69, 9.17) is 10.5 Å². The summed E-state index contributed by atoms with van der Waals surface area (Å²) in [5, 5.41) is 4.17. The van der Waals surface area contributed by atoms with Gasteiger partial charge in [-0.1, -0.05) is 18.2 Å². The number of anilines is 1. The van der Waals surface area contributed by atoms with E-state index in [1.54, 1.807) is 4.68 Å². The van der Waals surface area contributed by atoms with Gasteiger partial charge in [-0.2, -0.15) is 5.10 Å². The number of hydrogen-bond donors (Lipinski definition) is 1. The monoisotopic (exact) mass is 203 g/mol. The van der Waals surface area contributed by atoms with Gasteiger partial charge in [-0.25, -0.2) is 4.68 Å². The lowest BCUT2D eigenvalue weighted by Crippen LogP contribution is -1.96. The first-order chi connectivity index (χ1) is 7.18. The van der Waals surface area contributed by atoms with E-state index in [0.717, 1.165) is 11.4 Å². The van der Waals surface area contributed by atoms with Crippen molar-refractivity contribution in [1.82, 2.24) is 9.78 Å². The minimum atomic E-state index is 0.582. The molecule has 15 heavy (non-hydrogen) atoms. The molecule has 0 fully saturated rings. The van der Waals surface area contributed by atoms with Gasteiger partial charge in [0.25, 0.3) is 0 Å². The van der Waals surface area contributed by atoms with Gasteiger partial charge in [0, 0.05) is 7.05 Å². The molecule has 0 aliphatic heterocycles. The molecule has 0 saturated carbocycles. The van der Waals surface area contributed by atoms with Crippen molar-refractivity contribution >= 4 is 5.69 Å². The highest BCUT2D eigenvalue weighted by Gasteiger charge is 2.11. The van der Waals surface area contributed by atoms with Crippen LogP contribution in [0.1, 0.15) is 5.69 Å². The van der Waals surface area contributed by atoms with Gasteiger partial charge < -0.3 is 10.5 Å². The van der Waals surface area contributed by atoms with Crippen LogP contribution >= 0.6 is 0 Å². The predicted octanol–water partition coefficient (Wildman–Crippen LogP) is 2.10. The van der Waals surface area contributed by atoms with Crippen molar-refractivity contribution in [3.05, 3.63) is 36.0 Å². The molecule has 0 saturated heterocycles. The van der Waals surface area contributed by atoms with Gasteiger partial charge >= 0.3 is 0 Å². The van der Waals surface area contributed by atoms with Gasteiger partial charge in [0.1, 0.15) is 11.4 Å². The summed E-state index contributed by atoms with van der Waals surface area (Å²) in [6.45, 7) is 1.85. The number of nitrogens with two attached hydrogens (primary N) is 1. The molecule has 0 bridgehead atoms. The van der Waals surface area contributed by atoms with E-state index in [-0.39, 0.29) is 0 Å². The van der Waals surface area contributed by atoms with Crippen LogP contribution in [-0.4, -0.2) is 9.78 Å². The van der Waals surface area contributed by atoms with Crippen LogP contribution in [0.4, 0.5) is 5.69 Å². The molecule has 4 nitrogen and oxygen atoms in total. The number of aromatic nitrogens is 2. The number of aryl methyl sites for hydroxylation is 2. The average Bonchev–Trinajstić information content (AvgIpc) is 2.47. The van der Waals surface area contributed by atoms with Crippen LogP contribution in [-0.2, 0) is 7.05 Å². The normalized spacial score (nSPS) is 10.3. The number of nitrogen functional groups attached to an aromatic ring is 1. The molecule has 2 rings (SSSR count). The standard InChI is InChI=1S/C11H13N3O/c1-8-10(12)11(14(2)13-8)15-9-6-4-3-5-7-9/h3-7H,12H2,1-2H3. The van der Waals surface area contributed by atoms with E-state index >= 15 is 0 Å². The van der Waals surface area contributed by atoms with E-state index in [9.17, 15) is 0 Å². The van der Waals surface area contributed by atoms with Crippen molar-refractivity contribution in [1.29, 1.82) is 0 Å². The lowest BCUT2D eigenvalue weighted by molar-refractivity contribution is 0.432. The summed E-state index contributed by atoms with van der Waals surface area (Å²) in [4.78, 5) is 0. The lowest BCUT2D eigenvalue weighted by Gasteiger charge is -2.05. The molecule has 1 aromatic carbocycles. The number of rotatable bonds is 2. The first kappa shape index (κ1) is 9.58. The SMILES string of the molecule is Cc1nn(C)c(Oc2ccccc2)c1N. The highest BCUT2D eigenvalue weighted by molar-refractivity contribution is 5.53. The molecule has 0 aliphatic rings. The van der Waals surface area contributed by atoms with Crippen molar-refractivity contribution < 1.29 is 4.74 Å². The smallest absolute Gasteiger partial charge is 0.241 e. The molecule has 1 aromatic heterocycles. The summed E-state index contributed by atoms with van der Waals surface area (Å²) >= 11 is 0. The second-order valence-electron chi connectivity index (χ2n) is 3.34. The fraction of sp³-hybridized carbons (Fsp3) is 0.182. The highest BCUT2D eigenvalue weighted by Crippen LogP contribution is 2.28. The maximum atomic E-state index is 5.84. The van der Waals surface area contributed by atoms with Crippen LogP contribution in [0.3, 0.4) is 0 Å². The van der Waals surface area contributed by atoms with Crippen molar-refractivity contribution in [3.8, 4) is 11.6 Å². The van der Waals surface area contributed by atoms with Crippen LogP contribution in [0, 0.1) is 6.92 Å². The van der Waals surface area contributed by atoms with Crippen LogP contribution in [0.5, 0.6) is 11.6 Å². The Hall–Kier alpha value is -1.97. The van der Waals surface area contributed by atoms with Crippen LogP contribution in [0.2, 0.25) is 0 Å². The Balaban J connectivity index is 2.32. The zero-order valence-corrected chi connectivity index (χ0v) is 8.77. The van der Waals surface area contributed by atoms with Gasteiger partial charge in [-0.3, -0.25) is 0 Å². The fourth-order valence-electron chi connectivity index (χ4n) is 1.37. The second kappa shape index (κ2) is 3.65. The summed E-state index contributed by atoms with van der Waals surface area (Å²) in [5.41, 5.74) is 7.21. The van der Waals surface area contributed by atoms with E-state index in [2.05, 4.69) is 5.10 Å². The molecular weight excluding hydrogens is 190 g/mol. The Morgan fingerprint density at radius 3 is 2.47 bits per heavy atom. The van der Waals surface area contributed by atoms with Crippen molar-refractivity contribution in [2.75, 3.05) is 5.73 Å². The molecule has 2 aromatic rings. The van der Waals surface area contributed by atoms with E-state index in [1.165, 1.54) is 0 Å². The maximum absolute atomic E-state index is 5.84. The summed E-state index contributed by atoms with van der Waals surface area (Å²) in [7, 11) is 1.81. The molecule has 0 radical (unpaired) electrons. The molecule has 2 N–H and O–H groups in total. The number of benzene rings is 1. The molecule has 0 amide bonds. The molecule has 0 unspecified atom stereocenters. The quantitative estimate of drug-likeness (QED) is 0.813. The third kappa shape index (κ3) is 1.79. The van der Waals surface area contributed by atoms with Gasteiger partial charge in [0.05, 0.1) is 5.69 Å². The predicted molar refractivity (Wildman–Crippen MR) is 58.9 cm³/mol. The number of nitrogens with zero attached hydrogens (tertiary/aromatic N) is 2. The van der Waals surface area contributed by atoms with Crippen LogP contribution in [0.15, 0.2) is 30.3 Å². The zero-order chi connectivity index (χ0) is 10.8. The molecule has 1 heterocycles. The molecule has 0 spiro atoms. The highest BCUT2D eigenvalue weighted by atomic mass is 16.5. The Labute approximate surface area is 88.3 Å². The second-order valence-corrected chi connectivity index (χ2v) is 3.34. The fourth-order valence-corrected chi connectivity index (χ4v) is 1.37. The summed E-state index contributed by atoms with van der Waals surface area (Å²) in [6, 6.07) is 9.51. The molecule has 0 atom stereocenters. The van der Waals surface area contributed by atoms with Gasteiger partial charge in [-0.05, 0) is 19.1 Å². The van der Waals surface area contributed by atoms with Crippen LogP contribution in [0.25, 0.3) is 0 Å². The van der Waals surface area contributed by atoms with Crippen molar-refractivity contribution in [3.63, 3.8) is 0 Å². The number of hydrogen-bond acceptors (Lipinski definition) is 3. The molecular formula is C11H13N3O. The third-order valence-electron chi connectivity index (χ3n) is 2.17. The topological polar surface area (TPSA) is 53.1 Å². The molecule has 0 aliphatic carbocycles. The van der Waals surface area contributed by atoms with E-state index < -0.39 is 0 Å². The lowest BCUT2D eigenvalue weighted by atomic mass is 10.3. The Morgan fingerprint density at radius 2 is 1.93 bits per heavy atom. The molecule has 78 valence electrons. The third-order valence-corrected chi connectivity index (χ3v) is 2.17. The van der Waals surface area contributed by atoms with E-state index in [0.29, 0.717) is 11.6 Å². The van der Waals surface area contributed by atoms with Crippen molar-refractivity contribution in [2.45, 2.75) is 6.92 Å². The zero-order valence-electron chi connectivity index (χ0n) is 8.77. The average molecular weight is 203 g/mol. The van der Waals surface area contributed by atoms with Crippen LogP contribution < -0.4 is 10.5 Å².